The van der Waals surface area contributed by atoms with Gasteiger partial charge in [-0.05, 0) is 29.7 Å². The molecule has 106 valence electrons. The SMILES string of the molecule is CCc1ccc(/C=N/N=c2/sc3ccccc3n2C)cc1. The molecule has 0 aliphatic heterocycles. The molecule has 0 saturated heterocycles. The van der Waals surface area contributed by atoms with Crippen LogP contribution in [0.25, 0.3) is 10.2 Å². The normalized spacial score (nSPS) is 12.6. The van der Waals surface area contributed by atoms with E-state index in [-0.39, 0.29) is 0 Å². The van der Waals surface area contributed by atoms with Gasteiger partial charge in [0.1, 0.15) is 0 Å². The lowest BCUT2D eigenvalue weighted by Gasteiger charge is -1.95. The molecule has 0 aliphatic carbocycles. The van der Waals surface area contributed by atoms with Gasteiger partial charge < -0.3 is 4.57 Å². The predicted octanol–water partition coefficient (Wildman–Crippen LogP) is 3.74. The monoisotopic (exact) mass is 295 g/mol. The van der Waals surface area contributed by atoms with Gasteiger partial charge in [-0.1, -0.05) is 54.7 Å². The van der Waals surface area contributed by atoms with Crippen molar-refractivity contribution in [3.63, 3.8) is 0 Å². The van der Waals surface area contributed by atoms with Crippen molar-refractivity contribution in [2.24, 2.45) is 17.3 Å². The number of hydrogen-bond acceptors (Lipinski definition) is 3. The Morgan fingerprint density at radius 1 is 1.10 bits per heavy atom. The maximum absolute atomic E-state index is 4.33. The van der Waals surface area contributed by atoms with E-state index in [0.717, 1.165) is 16.8 Å². The summed E-state index contributed by atoms with van der Waals surface area (Å²) in [4.78, 5) is 0.901. The summed E-state index contributed by atoms with van der Waals surface area (Å²) in [5.41, 5.74) is 3.59. The summed E-state index contributed by atoms with van der Waals surface area (Å²) in [7, 11) is 2.02. The molecule has 1 heterocycles. The third-order valence-electron chi connectivity index (χ3n) is 3.45. The average molecular weight is 295 g/mol. The van der Waals surface area contributed by atoms with Crippen LogP contribution in [-0.2, 0) is 13.5 Å². The molecule has 4 heteroatoms. The van der Waals surface area contributed by atoms with Gasteiger partial charge in [-0.3, -0.25) is 0 Å². The van der Waals surface area contributed by atoms with Crippen LogP contribution in [0.4, 0.5) is 0 Å². The van der Waals surface area contributed by atoms with Gasteiger partial charge in [-0.2, -0.15) is 5.10 Å². The van der Waals surface area contributed by atoms with E-state index in [4.69, 9.17) is 0 Å². The van der Waals surface area contributed by atoms with Crippen LogP contribution in [0.2, 0.25) is 0 Å². The van der Waals surface area contributed by atoms with E-state index in [0.29, 0.717) is 0 Å². The largest absolute Gasteiger partial charge is 0.318 e. The van der Waals surface area contributed by atoms with Gasteiger partial charge in [0.2, 0.25) is 4.80 Å². The van der Waals surface area contributed by atoms with Crippen LogP contribution in [-0.4, -0.2) is 10.8 Å². The number of fused-ring (bicyclic) bond motifs is 1. The lowest BCUT2D eigenvalue weighted by Crippen LogP contribution is -2.08. The molecule has 0 atom stereocenters. The van der Waals surface area contributed by atoms with E-state index in [1.165, 1.54) is 15.8 Å². The summed E-state index contributed by atoms with van der Waals surface area (Å²) in [5, 5.41) is 8.54. The smallest absolute Gasteiger partial charge is 0.211 e. The second kappa shape index (κ2) is 6.06. The summed E-state index contributed by atoms with van der Waals surface area (Å²) in [5.74, 6) is 0. The maximum Gasteiger partial charge on any atom is 0.211 e. The van der Waals surface area contributed by atoms with Crippen molar-refractivity contribution >= 4 is 27.8 Å². The van der Waals surface area contributed by atoms with Crippen LogP contribution >= 0.6 is 11.3 Å². The Balaban J connectivity index is 1.89. The topological polar surface area (TPSA) is 29.6 Å². The maximum atomic E-state index is 4.33. The molecule has 3 rings (SSSR count). The third-order valence-corrected chi connectivity index (χ3v) is 4.56. The summed E-state index contributed by atoms with van der Waals surface area (Å²) in [6.45, 7) is 2.15. The minimum atomic E-state index is 0.901. The first-order chi connectivity index (χ1) is 10.3. The highest BCUT2D eigenvalue weighted by molar-refractivity contribution is 7.16. The zero-order valence-corrected chi connectivity index (χ0v) is 13.0. The van der Waals surface area contributed by atoms with Gasteiger partial charge in [0.05, 0.1) is 16.4 Å². The van der Waals surface area contributed by atoms with Crippen molar-refractivity contribution < 1.29 is 0 Å². The number of benzene rings is 2. The standard InChI is InChI=1S/C17H17N3S/c1-3-13-8-10-14(11-9-13)12-18-19-17-20(2)15-6-4-5-7-16(15)21-17/h4-12H,3H2,1-2H3/b18-12+,19-17+. The van der Waals surface area contributed by atoms with E-state index in [9.17, 15) is 0 Å². The second-order valence-electron chi connectivity index (χ2n) is 4.85. The van der Waals surface area contributed by atoms with Crippen molar-refractivity contribution in [2.45, 2.75) is 13.3 Å². The molecule has 3 nitrogen and oxygen atoms in total. The molecule has 1 aromatic heterocycles. The van der Waals surface area contributed by atoms with Crippen molar-refractivity contribution in [2.75, 3.05) is 0 Å². The van der Waals surface area contributed by atoms with E-state index in [1.807, 2.05) is 19.2 Å². The molecular formula is C17H17N3S. The Morgan fingerprint density at radius 2 is 1.86 bits per heavy atom. The molecule has 2 aromatic carbocycles. The van der Waals surface area contributed by atoms with Crippen LogP contribution in [0.15, 0.2) is 58.7 Å². The zero-order valence-electron chi connectivity index (χ0n) is 12.2. The number of nitrogens with zero attached hydrogens (tertiary/aromatic N) is 3. The van der Waals surface area contributed by atoms with Crippen LogP contribution in [0, 0.1) is 0 Å². The first-order valence-electron chi connectivity index (χ1n) is 6.98. The number of rotatable bonds is 3. The van der Waals surface area contributed by atoms with Gasteiger partial charge in [-0.25, -0.2) is 0 Å². The number of aryl methyl sites for hydroxylation is 2. The fraction of sp³-hybridized carbons (Fsp3) is 0.176. The van der Waals surface area contributed by atoms with Crippen LogP contribution < -0.4 is 4.80 Å². The number of aromatic nitrogens is 1. The fourth-order valence-electron chi connectivity index (χ4n) is 2.16. The van der Waals surface area contributed by atoms with E-state index in [2.05, 4.69) is 58.1 Å². The first-order valence-corrected chi connectivity index (χ1v) is 7.80. The molecule has 0 spiro atoms. The molecule has 0 saturated carbocycles. The summed E-state index contributed by atoms with van der Waals surface area (Å²) in [6, 6.07) is 16.7. The molecule has 0 N–H and O–H groups in total. The second-order valence-corrected chi connectivity index (χ2v) is 5.86. The minimum absolute atomic E-state index is 0.901. The molecule has 0 radical (unpaired) electrons. The lowest BCUT2D eigenvalue weighted by molar-refractivity contribution is 0.889. The lowest BCUT2D eigenvalue weighted by atomic mass is 10.1. The third kappa shape index (κ3) is 2.95. The Labute approximate surface area is 127 Å². The number of hydrogen-bond donors (Lipinski definition) is 0. The molecule has 3 aromatic rings. The van der Waals surface area contributed by atoms with Crippen LogP contribution in [0.3, 0.4) is 0 Å². The Bertz CT molecular complexity index is 838. The quantitative estimate of drug-likeness (QED) is 0.520. The van der Waals surface area contributed by atoms with Crippen LogP contribution in [0.5, 0.6) is 0 Å². The highest BCUT2D eigenvalue weighted by Crippen LogP contribution is 2.15. The van der Waals surface area contributed by atoms with Gasteiger partial charge >= 0.3 is 0 Å². The zero-order chi connectivity index (χ0) is 14.7. The number of thiazole rings is 1. The number of para-hydroxylation sites is 1. The van der Waals surface area contributed by atoms with E-state index < -0.39 is 0 Å². The molecule has 21 heavy (non-hydrogen) atoms. The first kappa shape index (κ1) is 13.8. The van der Waals surface area contributed by atoms with Crippen LogP contribution in [0.1, 0.15) is 18.1 Å². The van der Waals surface area contributed by atoms with Gasteiger partial charge in [0, 0.05) is 7.05 Å². The molecular weight excluding hydrogens is 278 g/mol. The molecule has 0 amide bonds. The summed E-state index contributed by atoms with van der Waals surface area (Å²) < 4.78 is 3.29. The molecule has 0 bridgehead atoms. The van der Waals surface area contributed by atoms with Crippen molar-refractivity contribution in [1.82, 2.24) is 4.57 Å². The van der Waals surface area contributed by atoms with Crippen molar-refractivity contribution in [1.29, 1.82) is 0 Å². The molecule has 0 unspecified atom stereocenters. The summed E-state index contributed by atoms with van der Waals surface area (Å²) in [6.07, 6.45) is 2.85. The van der Waals surface area contributed by atoms with Crippen molar-refractivity contribution in [3.05, 3.63) is 64.5 Å². The van der Waals surface area contributed by atoms with E-state index in [1.54, 1.807) is 17.6 Å². The van der Waals surface area contributed by atoms with Gasteiger partial charge in [0.15, 0.2) is 0 Å². The Hall–Kier alpha value is -2.20. The van der Waals surface area contributed by atoms with Crippen molar-refractivity contribution in [3.8, 4) is 0 Å². The van der Waals surface area contributed by atoms with E-state index >= 15 is 0 Å². The highest BCUT2D eigenvalue weighted by Gasteiger charge is 2.00. The predicted molar refractivity (Wildman–Crippen MR) is 89.8 cm³/mol. The highest BCUT2D eigenvalue weighted by atomic mass is 32.1. The Morgan fingerprint density at radius 3 is 2.57 bits per heavy atom. The van der Waals surface area contributed by atoms with Gasteiger partial charge in [0.25, 0.3) is 0 Å². The molecule has 0 fully saturated rings. The van der Waals surface area contributed by atoms with Gasteiger partial charge in [-0.15, -0.1) is 5.10 Å². The average Bonchev–Trinajstić information content (AvgIpc) is 2.85. The fourth-order valence-corrected chi connectivity index (χ4v) is 3.14. The molecule has 0 aliphatic rings. The minimum Gasteiger partial charge on any atom is -0.318 e. The Kier molecular flexibility index (Phi) is 3.97. The summed E-state index contributed by atoms with van der Waals surface area (Å²) >= 11 is 1.65.